The van der Waals surface area contributed by atoms with Crippen molar-refractivity contribution in [3.8, 4) is 17.2 Å². The number of esters is 1. The fourth-order valence-corrected chi connectivity index (χ4v) is 14.8. The quantitative estimate of drug-likeness (QED) is 0.0494. The van der Waals surface area contributed by atoms with Crippen molar-refractivity contribution < 1.29 is 68.7 Å². The van der Waals surface area contributed by atoms with Crippen LogP contribution >= 0.6 is 0 Å². The summed E-state index contributed by atoms with van der Waals surface area (Å²) >= 11 is 0. The lowest BCUT2D eigenvalue weighted by Gasteiger charge is -2.65. The summed E-state index contributed by atoms with van der Waals surface area (Å²) in [4.78, 5) is 48.4. The maximum absolute atomic E-state index is 14.7. The Kier molecular flexibility index (Phi) is 14.8. The number of benzene rings is 2. The number of ether oxygens (including phenoxy) is 5. The zero-order valence-electron chi connectivity index (χ0n) is 42.3. The summed E-state index contributed by atoms with van der Waals surface area (Å²) in [6.45, 7) is 4.15. The minimum absolute atomic E-state index is 0.0186. The normalized spacial score (nSPS) is 31.7. The monoisotopic (exact) mass is 1010 g/mol. The van der Waals surface area contributed by atoms with E-state index in [1.165, 1.54) is 0 Å². The average Bonchev–Trinajstić information content (AvgIpc) is 4.04. The second-order valence-corrected chi connectivity index (χ2v) is 21.5. The SMILES string of the molecule is CCOC(=O)C1=C(C=O)C2=C3CC(CO)C(=O)C(C3)c3cc4cc[nH]c4cc3CCC(CO)COc3c4c(c(CO)c(c32)O1)OC1(C=CC(CCO)C2C(CO)CC3C(CC)N(CCCOC)CCC3C21O)C4. The van der Waals surface area contributed by atoms with E-state index in [4.69, 9.17) is 23.7 Å². The number of aldehydes is 1. The number of H-pyrrole nitrogens is 1. The van der Waals surface area contributed by atoms with E-state index >= 15 is 0 Å². The van der Waals surface area contributed by atoms with E-state index in [2.05, 4.69) is 16.8 Å². The Balaban J connectivity index is 1.21. The first-order valence-electron chi connectivity index (χ1n) is 26.6. The molecule has 2 saturated carbocycles. The van der Waals surface area contributed by atoms with Crippen LogP contribution in [0.2, 0.25) is 0 Å². The molecule has 3 fully saturated rings. The number of aromatic amines is 1. The van der Waals surface area contributed by atoms with E-state index in [0.29, 0.717) is 62.7 Å². The molecule has 1 spiro atoms. The van der Waals surface area contributed by atoms with Crippen molar-refractivity contribution >= 4 is 34.5 Å². The van der Waals surface area contributed by atoms with E-state index in [1.54, 1.807) is 14.0 Å². The molecule has 5 heterocycles. The van der Waals surface area contributed by atoms with Crippen LogP contribution in [0.5, 0.6) is 17.2 Å². The number of likely N-dealkylation sites (tertiary alicyclic amines) is 1. The van der Waals surface area contributed by atoms with Crippen LogP contribution in [0.1, 0.15) is 98.9 Å². The molecule has 7 aliphatic rings. The van der Waals surface area contributed by atoms with Gasteiger partial charge in [-0.2, -0.15) is 0 Å². The number of carbonyl (C=O) groups is 3. The molecule has 3 aromatic rings. The minimum atomic E-state index is -1.65. The molecule has 11 atom stereocenters. The number of fused-ring (bicyclic) bond motifs is 11. The molecule has 7 N–H and O–H groups in total. The fourth-order valence-electron chi connectivity index (χ4n) is 14.8. The Bertz CT molecular complexity index is 2710. The molecule has 11 unspecified atom stereocenters. The minimum Gasteiger partial charge on any atom is -0.492 e. The second-order valence-electron chi connectivity index (χ2n) is 21.5. The number of hydrogen-bond acceptors (Lipinski definition) is 15. The van der Waals surface area contributed by atoms with E-state index in [9.17, 15) is 45.0 Å². The first-order valence-corrected chi connectivity index (χ1v) is 26.6. The molecule has 16 nitrogen and oxygen atoms in total. The summed E-state index contributed by atoms with van der Waals surface area (Å²) in [6, 6.07) is 6.05. The number of aliphatic hydroxyl groups excluding tert-OH is 5. The van der Waals surface area contributed by atoms with Crippen LogP contribution in [0, 0.1) is 41.4 Å². The number of carbonyl (C=O) groups excluding carboxylic acids is 3. The molecule has 1 aromatic heterocycles. The Hall–Kier alpha value is -4.91. The highest BCUT2D eigenvalue weighted by molar-refractivity contribution is 6.11. The Morgan fingerprint density at radius 2 is 1.88 bits per heavy atom. The molecule has 0 amide bonds. The smallest absolute Gasteiger partial charge is 0.375 e. The molecule has 2 aromatic carbocycles. The van der Waals surface area contributed by atoms with Gasteiger partial charge in [-0.1, -0.05) is 18.6 Å². The predicted octanol–water partition coefficient (Wildman–Crippen LogP) is 4.87. The number of methoxy groups -OCH3 is 1. The van der Waals surface area contributed by atoms with Crippen LogP contribution in [0.3, 0.4) is 0 Å². The number of aryl methyl sites for hydroxylation is 1. The summed E-state index contributed by atoms with van der Waals surface area (Å²) in [5.41, 5.74) is 0.946. The van der Waals surface area contributed by atoms with E-state index in [-0.39, 0.29) is 127 Å². The lowest BCUT2D eigenvalue weighted by atomic mass is 9.46. The largest absolute Gasteiger partial charge is 0.492 e. The lowest BCUT2D eigenvalue weighted by Crippen LogP contribution is -2.74. The zero-order valence-corrected chi connectivity index (χ0v) is 42.3. The first-order chi connectivity index (χ1) is 35.5. The van der Waals surface area contributed by atoms with Crippen LogP contribution in [0.4, 0.5) is 0 Å². The number of aromatic nitrogens is 1. The fraction of sp³-hybridized carbons (Fsp3) is 0.596. The third kappa shape index (κ3) is 8.39. The molecular weight excluding hydrogens is 937 g/mol. The van der Waals surface area contributed by atoms with Crippen LogP contribution in [-0.4, -0.2) is 142 Å². The van der Waals surface area contributed by atoms with Gasteiger partial charge in [0, 0.05) is 99.1 Å². The second kappa shape index (κ2) is 21.0. The third-order valence-corrected chi connectivity index (χ3v) is 18.0. The van der Waals surface area contributed by atoms with Crippen molar-refractivity contribution in [3.05, 3.63) is 81.3 Å². The van der Waals surface area contributed by atoms with Crippen molar-refractivity contribution in [2.24, 2.45) is 41.4 Å². The van der Waals surface area contributed by atoms with E-state index < -0.39 is 59.8 Å². The Morgan fingerprint density at radius 1 is 1.04 bits per heavy atom. The summed E-state index contributed by atoms with van der Waals surface area (Å²) in [5, 5.41) is 71.0. The van der Waals surface area contributed by atoms with Crippen molar-refractivity contribution in [1.82, 2.24) is 9.88 Å². The van der Waals surface area contributed by atoms with Gasteiger partial charge in [0.05, 0.1) is 43.1 Å². The third-order valence-electron chi connectivity index (χ3n) is 18.0. The summed E-state index contributed by atoms with van der Waals surface area (Å²) in [7, 11) is 1.70. The van der Waals surface area contributed by atoms with Gasteiger partial charge in [-0.05, 0) is 136 Å². The highest BCUT2D eigenvalue weighted by atomic mass is 16.6. The molecule has 10 rings (SSSR count). The average molecular weight is 1010 g/mol. The molecule has 4 aliphatic heterocycles. The highest BCUT2D eigenvalue weighted by Crippen LogP contribution is 2.65. The maximum atomic E-state index is 14.7. The predicted molar refractivity (Wildman–Crippen MR) is 269 cm³/mol. The van der Waals surface area contributed by atoms with Crippen LogP contribution in [0.25, 0.3) is 16.5 Å². The Labute approximate surface area is 426 Å². The topological polar surface area (TPSA) is 238 Å². The van der Waals surface area contributed by atoms with Gasteiger partial charge in [-0.15, -0.1) is 0 Å². The van der Waals surface area contributed by atoms with Crippen LogP contribution < -0.4 is 14.2 Å². The number of Topliss-reactive ketones (excluding diaryl/α,β-unsaturated/α-hetero) is 1. The number of nitrogens with one attached hydrogen (secondary N) is 1. The van der Waals surface area contributed by atoms with Crippen molar-refractivity contribution in [2.75, 3.05) is 66.4 Å². The number of nitrogens with zero attached hydrogens (tertiary/aromatic N) is 1. The number of hydrogen-bond donors (Lipinski definition) is 7. The number of aliphatic hydroxyl groups is 6. The van der Waals surface area contributed by atoms with Crippen molar-refractivity contribution in [1.29, 1.82) is 0 Å². The maximum Gasteiger partial charge on any atom is 0.375 e. The molecular formula is C57H72N2O14. The molecule has 3 aliphatic carbocycles. The highest BCUT2D eigenvalue weighted by Gasteiger charge is 2.71. The van der Waals surface area contributed by atoms with E-state index in [0.717, 1.165) is 41.4 Å². The summed E-state index contributed by atoms with van der Waals surface area (Å²) < 4.78 is 32.1. The van der Waals surface area contributed by atoms with Gasteiger partial charge in [0.1, 0.15) is 28.6 Å². The number of rotatable bonds is 14. The molecule has 16 heteroatoms. The van der Waals surface area contributed by atoms with Gasteiger partial charge in [0.25, 0.3) is 0 Å². The van der Waals surface area contributed by atoms with Gasteiger partial charge >= 0.3 is 5.97 Å². The number of allylic oxidation sites excluding steroid dienone is 4. The lowest BCUT2D eigenvalue weighted by molar-refractivity contribution is -0.250. The number of ketones is 1. The Morgan fingerprint density at radius 3 is 2.59 bits per heavy atom. The van der Waals surface area contributed by atoms with Gasteiger partial charge in [0.15, 0.2) is 11.9 Å². The van der Waals surface area contributed by atoms with E-state index in [1.807, 2.05) is 36.5 Å². The summed E-state index contributed by atoms with van der Waals surface area (Å²) in [5.74, 6) is -4.83. The van der Waals surface area contributed by atoms with Crippen molar-refractivity contribution in [2.45, 2.75) is 108 Å². The molecule has 2 bridgehead atoms. The number of piperidine rings is 1. The van der Waals surface area contributed by atoms with Gasteiger partial charge in [-0.3, -0.25) is 9.59 Å². The van der Waals surface area contributed by atoms with Crippen molar-refractivity contribution in [3.63, 3.8) is 0 Å². The van der Waals surface area contributed by atoms with Crippen LogP contribution in [0.15, 0.2) is 53.5 Å². The zero-order chi connectivity index (χ0) is 51.3. The molecule has 73 heavy (non-hydrogen) atoms. The first kappa shape index (κ1) is 51.6. The van der Waals surface area contributed by atoms with Gasteiger partial charge in [-0.25, -0.2) is 4.79 Å². The standard InChI is InChI=1S/C57H72N2O14/c1-4-46-40-22-36(26-62)49-32(12-17-60)9-13-56(57(49,68)44(40)11-16-59(46)15-6-18-69-3)24-41-51(73-56)43(29-65)53-48-47(42(28-64)54(72-53)55(67)70-5-2)35-19-37(27-63)50(66)39(21-35)38-20-34-10-14-58-45(34)23-33(38)8-7-31(25-61)30-71-52(41)48/h9-10,13-14,20,23,28,31-32,36-37,39-40,44,46,49,58,60-63,65,68H,4-8,11-12,15-19,21-22,24-27,29-30H2,1-3H3. The van der Waals surface area contributed by atoms with Gasteiger partial charge < -0.3 is 64.2 Å². The summed E-state index contributed by atoms with van der Waals surface area (Å²) in [6.07, 6.45) is 10.7. The molecule has 1 saturated heterocycles. The van der Waals surface area contributed by atoms with Crippen LogP contribution in [-0.2, 0) is 43.3 Å². The van der Waals surface area contributed by atoms with Gasteiger partial charge in [0.2, 0.25) is 5.76 Å². The molecule has 0 radical (unpaired) electrons. The molecule has 394 valence electrons.